The number of hydrogen-bond acceptors (Lipinski definition) is 5. The number of anilines is 1. The van der Waals surface area contributed by atoms with Gasteiger partial charge >= 0.3 is 6.09 Å². The van der Waals surface area contributed by atoms with Gasteiger partial charge in [-0.25, -0.2) is 27.9 Å². The molecule has 1 amide bonds. The Labute approximate surface area is 187 Å². The molecule has 0 spiro atoms. The molecule has 0 fully saturated rings. The Kier molecular flexibility index (Phi) is 5.79. The summed E-state index contributed by atoms with van der Waals surface area (Å²) in [7, 11) is 0. The van der Waals surface area contributed by atoms with Crippen molar-refractivity contribution >= 4 is 17.6 Å². The Hall–Kier alpha value is -3.89. The van der Waals surface area contributed by atoms with E-state index in [1.54, 1.807) is 32.9 Å². The molecular weight excluding hydrogens is 437 g/mol. The lowest BCUT2D eigenvalue weighted by molar-refractivity contribution is 0.0635. The van der Waals surface area contributed by atoms with Crippen molar-refractivity contribution < 1.29 is 22.7 Å². The molecule has 4 aromatic rings. The van der Waals surface area contributed by atoms with Crippen LogP contribution in [-0.4, -0.2) is 42.3 Å². The fraction of sp³-hybridized carbons (Fsp3) is 0.273. The van der Waals surface area contributed by atoms with Crippen LogP contribution in [0.25, 0.3) is 28.3 Å². The van der Waals surface area contributed by atoms with E-state index >= 15 is 0 Å². The van der Waals surface area contributed by atoms with E-state index in [2.05, 4.69) is 20.4 Å². The van der Waals surface area contributed by atoms with Gasteiger partial charge in [0, 0.05) is 5.56 Å². The number of ether oxygens (including phenoxy) is 1. The maximum Gasteiger partial charge on any atom is 0.413 e. The first kappa shape index (κ1) is 22.3. The van der Waals surface area contributed by atoms with Gasteiger partial charge in [-0.1, -0.05) is 0 Å². The predicted molar refractivity (Wildman–Crippen MR) is 115 cm³/mol. The molecule has 172 valence electrons. The molecular formula is C22H21F3N6O2. The summed E-state index contributed by atoms with van der Waals surface area (Å²) < 4.78 is 47.8. The van der Waals surface area contributed by atoms with Crippen LogP contribution in [0.4, 0.5) is 23.8 Å². The summed E-state index contributed by atoms with van der Waals surface area (Å²) in [5.74, 6) is -0.188. The molecule has 11 heteroatoms. The SMILES string of the molecule is CC(C)(C)OC(=O)Nc1cnc2ccc(-c3c(-c4ccc(F)cc4)ncn3CC(F)F)nn12. The number of carbonyl (C=O) groups excluding carboxylic acids is 1. The van der Waals surface area contributed by atoms with Gasteiger partial charge in [0.15, 0.2) is 11.5 Å². The zero-order valence-electron chi connectivity index (χ0n) is 18.1. The third-order valence-corrected chi connectivity index (χ3v) is 4.52. The standard InChI is InChI=1S/C22H21F3N6O2/c1-22(2,3)33-21(32)28-18-10-26-17-9-8-15(29-31(17)18)20-19(13-4-6-14(23)7-5-13)27-12-30(20)11-16(24)25/h4-10,12,16H,11H2,1-3H3,(H,28,32). The Bertz CT molecular complexity index is 1290. The van der Waals surface area contributed by atoms with E-state index in [0.29, 0.717) is 28.3 Å². The van der Waals surface area contributed by atoms with Crippen molar-refractivity contribution in [1.29, 1.82) is 0 Å². The molecule has 1 N–H and O–H groups in total. The van der Waals surface area contributed by atoms with Gasteiger partial charge in [-0.05, 0) is 57.2 Å². The van der Waals surface area contributed by atoms with Gasteiger partial charge in [0.05, 0.1) is 30.5 Å². The zero-order chi connectivity index (χ0) is 23.8. The largest absolute Gasteiger partial charge is 0.444 e. The molecule has 8 nitrogen and oxygen atoms in total. The van der Waals surface area contributed by atoms with Crippen molar-refractivity contribution in [2.24, 2.45) is 0 Å². The molecule has 33 heavy (non-hydrogen) atoms. The zero-order valence-corrected chi connectivity index (χ0v) is 18.1. The van der Waals surface area contributed by atoms with Crippen molar-refractivity contribution in [3.05, 3.63) is 54.7 Å². The number of aromatic nitrogens is 5. The molecule has 0 aliphatic carbocycles. The lowest BCUT2D eigenvalue weighted by atomic mass is 10.1. The number of benzene rings is 1. The third kappa shape index (κ3) is 4.97. The topological polar surface area (TPSA) is 86.3 Å². The van der Waals surface area contributed by atoms with E-state index < -0.39 is 30.5 Å². The van der Waals surface area contributed by atoms with Crippen molar-refractivity contribution in [1.82, 2.24) is 24.1 Å². The maximum absolute atomic E-state index is 13.4. The maximum atomic E-state index is 13.4. The monoisotopic (exact) mass is 458 g/mol. The molecule has 1 aromatic carbocycles. The molecule has 0 atom stereocenters. The number of rotatable bonds is 5. The molecule has 3 heterocycles. The first-order valence-corrected chi connectivity index (χ1v) is 10.0. The van der Waals surface area contributed by atoms with Crippen molar-refractivity contribution in [3.8, 4) is 22.6 Å². The molecule has 0 aliphatic heterocycles. The minimum atomic E-state index is -2.62. The quantitative estimate of drug-likeness (QED) is 0.454. The van der Waals surface area contributed by atoms with E-state index in [9.17, 15) is 18.0 Å². The predicted octanol–water partition coefficient (Wildman–Crippen LogP) is 5.01. The van der Waals surface area contributed by atoms with Crippen LogP contribution in [-0.2, 0) is 11.3 Å². The highest BCUT2D eigenvalue weighted by Gasteiger charge is 2.21. The Morgan fingerprint density at radius 3 is 2.52 bits per heavy atom. The van der Waals surface area contributed by atoms with Gasteiger partial charge in [-0.3, -0.25) is 5.32 Å². The molecule has 0 unspecified atom stereocenters. The average molecular weight is 458 g/mol. The van der Waals surface area contributed by atoms with Gasteiger partial charge in [0.25, 0.3) is 6.43 Å². The summed E-state index contributed by atoms with van der Waals surface area (Å²) in [4.78, 5) is 20.7. The molecule has 0 radical (unpaired) electrons. The number of alkyl halides is 2. The number of imidazole rings is 2. The second-order valence-electron chi connectivity index (χ2n) is 8.25. The minimum absolute atomic E-state index is 0.240. The number of nitrogens with zero attached hydrogens (tertiary/aromatic N) is 5. The molecule has 0 bridgehead atoms. The van der Waals surface area contributed by atoms with Crippen molar-refractivity contribution in [3.63, 3.8) is 0 Å². The van der Waals surface area contributed by atoms with E-state index in [1.807, 2.05) is 0 Å². The Morgan fingerprint density at radius 2 is 1.85 bits per heavy atom. The summed E-state index contributed by atoms with van der Waals surface area (Å²) >= 11 is 0. The highest BCUT2D eigenvalue weighted by Crippen LogP contribution is 2.31. The Morgan fingerprint density at radius 1 is 1.12 bits per heavy atom. The Balaban J connectivity index is 1.78. The first-order chi connectivity index (χ1) is 15.6. The molecule has 0 aliphatic rings. The summed E-state index contributed by atoms with van der Waals surface area (Å²) in [6.07, 6.45) is -0.612. The average Bonchev–Trinajstić information content (AvgIpc) is 3.30. The number of carbonyl (C=O) groups is 1. The van der Waals surface area contributed by atoms with Crippen molar-refractivity contribution in [2.45, 2.75) is 39.3 Å². The number of nitrogens with one attached hydrogen (secondary N) is 1. The summed E-state index contributed by atoms with van der Waals surface area (Å²) in [5, 5.41) is 7.09. The second-order valence-corrected chi connectivity index (χ2v) is 8.25. The van der Waals surface area contributed by atoms with E-state index in [1.165, 1.54) is 45.9 Å². The van der Waals surface area contributed by atoms with Gasteiger partial charge in [-0.2, -0.15) is 9.61 Å². The van der Waals surface area contributed by atoms with E-state index in [4.69, 9.17) is 4.74 Å². The van der Waals surface area contributed by atoms with Crippen LogP contribution in [0.1, 0.15) is 20.8 Å². The summed E-state index contributed by atoms with van der Waals surface area (Å²) in [6, 6.07) is 8.81. The van der Waals surface area contributed by atoms with Gasteiger partial charge in [0.2, 0.25) is 0 Å². The van der Waals surface area contributed by atoms with Crippen LogP contribution in [0.3, 0.4) is 0 Å². The molecule has 3 aromatic heterocycles. The third-order valence-electron chi connectivity index (χ3n) is 4.52. The molecule has 4 rings (SSSR count). The van der Waals surface area contributed by atoms with Gasteiger partial charge in [0.1, 0.15) is 17.1 Å². The number of hydrogen-bond donors (Lipinski definition) is 1. The van der Waals surface area contributed by atoms with Gasteiger partial charge in [-0.15, -0.1) is 0 Å². The fourth-order valence-corrected chi connectivity index (χ4v) is 3.25. The van der Waals surface area contributed by atoms with E-state index in [-0.39, 0.29) is 5.82 Å². The highest BCUT2D eigenvalue weighted by atomic mass is 19.3. The molecule has 0 saturated carbocycles. The van der Waals surface area contributed by atoms with Crippen LogP contribution in [0.2, 0.25) is 0 Å². The fourth-order valence-electron chi connectivity index (χ4n) is 3.25. The smallest absolute Gasteiger partial charge is 0.413 e. The first-order valence-electron chi connectivity index (χ1n) is 10.0. The summed E-state index contributed by atoms with van der Waals surface area (Å²) in [5.41, 5.74) is 1.26. The van der Waals surface area contributed by atoms with Gasteiger partial charge < -0.3 is 9.30 Å². The van der Waals surface area contributed by atoms with Crippen LogP contribution < -0.4 is 5.32 Å². The number of halogens is 3. The van der Waals surface area contributed by atoms with E-state index in [0.717, 1.165) is 0 Å². The van der Waals surface area contributed by atoms with Crippen LogP contribution in [0.5, 0.6) is 0 Å². The van der Waals surface area contributed by atoms with Crippen molar-refractivity contribution in [2.75, 3.05) is 5.32 Å². The normalized spacial score (nSPS) is 11.8. The van der Waals surface area contributed by atoms with Crippen LogP contribution in [0, 0.1) is 5.82 Å². The highest BCUT2D eigenvalue weighted by molar-refractivity contribution is 5.84. The lowest BCUT2D eigenvalue weighted by Gasteiger charge is -2.19. The molecule has 0 saturated heterocycles. The second kappa shape index (κ2) is 8.57. The van der Waals surface area contributed by atoms with Crippen LogP contribution >= 0.6 is 0 Å². The summed E-state index contributed by atoms with van der Waals surface area (Å²) in [6.45, 7) is 4.60. The number of amides is 1. The van der Waals surface area contributed by atoms with Crippen LogP contribution in [0.15, 0.2) is 48.9 Å². The minimum Gasteiger partial charge on any atom is -0.444 e. The number of fused-ring (bicyclic) bond motifs is 1. The lowest BCUT2D eigenvalue weighted by Crippen LogP contribution is -2.27.